The van der Waals surface area contributed by atoms with E-state index >= 15 is 0 Å². The molecule has 2 rings (SSSR count). The van der Waals surface area contributed by atoms with E-state index in [9.17, 15) is 4.39 Å². The van der Waals surface area contributed by atoms with Gasteiger partial charge in [0.1, 0.15) is 10.8 Å². The minimum atomic E-state index is -0.417. The summed E-state index contributed by atoms with van der Waals surface area (Å²) >= 11 is 11.5. The number of anilines is 3. The topological polar surface area (TPSA) is 49.8 Å². The molecule has 0 spiro atoms. The van der Waals surface area contributed by atoms with Gasteiger partial charge in [-0.2, -0.15) is 4.98 Å². The fraction of sp³-hybridized carbons (Fsp3) is 0.0909. The molecule has 0 amide bonds. The highest BCUT2D eigenvalue weighted by molar-refractivity contribution is 6.33. The first-order valence-electron chi connectivity index (χ1n) is 5.02. The van der Waals surface area contributed by atoms with Crippen LogP contribution in [0.25, 0.3) is 0 Å². The van der Waals surface area contributed by atoms with E-state index in [1.165, 1.54) is 12.3 Å². The molecule has 2 N–H and O–H groups in total. The van der Waals surface area contributed by atoms with E-state index in [-0.39, 0.29) is 21.8 Å². The molecule has 4 nitrogen and oxygen atoms in total. The molecule has 18 heavy (non-hydrogen) atoms. The average molecular weight is 287 g/mol. The van der Waals surface area contributed by atoms with Crippen LogP contribution in [0.15, 0.2) is 24.4 Å². The number of rotatable bonds is 3. The van der Waals surface area contributed by atoms with Crippen molar-refractivity contribution >= 4 is 40.4 Å². The van der Waals surface area contributed by atoms with Crippen molar-refractivity contribution < 1.29 is 4.39 Å². The Morgan fingerprint density at radius 1 is 1.28 bits per heavy atom. The van der Waals surface area contributed by atoms with Crippen molar-refractivity contribution in [3.05, 3.63) is 40.5 Å². The Kier molecular flexibility index (Phi) is 3.84. The second kappa shape index (κ2) is 5.37. The third-order valence-electron chi connectivity index (χ3n) is 2.22. The van der Waals surface area contributed by atoms with Crippen LogP contribution < -0.4 is 10.6 Å². The summed E-state index contributed by atoms with van der Waals surface area (Å²) in [5, 5.41) is 5.97. The van der Waals surface area contributed by atoms with E-state index in [1.807, 2.05) is 0 Å². The van der Waals surface area contributed by atoms with Crippen molar-refractivity contribution in [2.75, 3.05) is 17.7 Å². The molecule has 0 radical (unpaired) electrons. The third-order valence-corrected chi connectivity index (χ3v) is 2.68. The number of hydrogen-bond acceptors (Lipinski definition) is 4. The van der Waals surface area contributed by atoms with Crippen LogP contribution in [-0.2, 0) is 0 Å². The quantitative estimate of drug-likeness (QED) is 0.845. The van der Waals surface area contributed by atoms with E-state index < -0.39 is 5.82 Å². The van der Waals surface area contributed by atoms with Gasteiger partial charge in [-0.1, -0.05) is 11.6 Å². The summed E-state index contributed by atoms with van der Waals surface area (Å²) in [6.45, 7) is 0. The second-order valence-electron chi connectivity index (χ2n) is 3.41. The van der Waals surface area contributed by atoms with Crippen LogP contribution in [0, 0.1) is 5.82 Å². The van der Waals surface area contributed by atoms with E-state index in [2.05, 4.69) is 20.6 Å². The van der Waals surface area contributed by atoms with Gasteiger partial charge in [0, 0.05) is 12.7 Å². The maximum Gasteiger partial charge on any atom is 0.224 e. The van der Waals surface area contributed by atoms with Crippen molar-refractivity contribution in [2.24, 2.45) is 0 Å². The lowest BCUT2D eigenvalue weighted by Gasteiger charge is -2.10. The zero-order chi connectivity index (χ0) is 13.1. The maximum atomic E-state index is 13.6. The molecule has 1 heterocycles. The number of nitrogens with one attached hydrogen (secondary N) is 2. The highest BCUT2D eigenvalue weighted by atomic mass is 35.5. The van der Waals surface area contributed by atoms with Crippen molar-refractivity contribution in [1.29, 1.82) is 0 Å². The van der Waals surface area contributed by atoms with Crippen molar-refractivity contribution in [3.63, 3.8) is 0 Å². The van der Waals surface area contributed by atoms with E-state index in [0.717, 1.165) is 5.69 Å². The van der Waals surface area contributed by atoms with Gasteiger partial charge in [0.15, 0.2) is 5.82 Å². The Labute approximate surface area is 113 Å². The Bertz CT molecular complexity index is 577. The predicted molar refractivity (Wildman–Crippen MR) is 71.3 cm³/mol. The summed E-state index contributed by atoms with van der Waals surface area (Å²) in [5.74, 6) is -0.163. The Morgan fingerprint density at radius 3 is 2.78 bits per heavy atom. The average Bonchev–Trinajstić information content (AvgIpc) is 2.36. The first-order valence-corrected chi connectivity index (χ1v) is 5.78. The predicted octanol–water partition coefficient (Wildman–Crippen LogP) is 3.71. The molecule has 7 heteroatoms. The summed E-state index contributed by atoms with van der Waals surface area (Å²) in [6.07, 6.45) is 1.35. The molecule has 0 aliphatic heterocycles. The highest BCUT2D eigenvalue weighted by Gasteiger charge is 2.08. The van der Waals surface area contributed by atoms with Gasteiger partial charge in [-0.05, 0) is 29.8 Å². The standard InChI is InChI=1S/C11H9Cl2FN4/c1-15-6-2-3-8(14)9(4-6)17-10-7(12)5-16-11(13)18-10/h2-5,15H,1H3,(H,16,17,18). The second-order valence-corrected chi connectivity index (χ2v) is 4.15. The molecule has 2 aromatic rings. The molecule has 1 aromatic carbocycles. The molecule has 0 fully saturated rings. The van der Waals surface area contributed by atoms with Gasteiger partial charge in [0.05, 0.1) is 11.9 Å². The van der Waals surface area contributed by atoms with E-state index in [1.54, 1.807) is 19.2 Å². The molecule has 0 saturated heterocycles. The Balaban J connectivity index is 2.36. The van der Waals surface area contributed by atoms with Crippen LogP contribution in [0.2, 0.25) is 10.3 Å². The molecule has 0 unspecified atom stereocenters. The summed E-state index contributed by atoms with van der Waals surface area (Å²) in [7, 11) is 1.74. The lowest BCUT2D eigenvalue weighted by molar-refractivity contribution is 0.632. The van der Waals surface area contributed by atoms with Crippen molar-refractivity contribution in [1.82, 2.24) is 9.97 Å². The first kappa shape index (κ1) is 12.9. The Hall–Kier alpha value is -1.59. The van der Waals surface area contributed by atoms with Crippen LogP contribution in [0.1, 0.15) is 0 Å². The largest absolute Gasteiger partial charge is 0.388 e. The Morgan fingerprint density at radius 2 is 2.06 bits per heavy atom. The number of aromatic nitrogens is 2. The summed E-state index contributed by atoms with van der Waals surface area (Å²) < 4.78 is 13.6. The summed E-state index contributed by atoms with van der Waals surface area (Å²) in [6, 6.07) is 4.56. The lowest BCUT2D eigenvalue weighted by atomic mass is 10.2. The van der Waals surface area contributed by atoms with Crippen LogP contribution in [-0.4, -0.2) is 17.0 Å². The zero-order valence-electron chi connectivity index (χ0n) is 9.34. The van der Waals surface area contributed by atoms with Gasteiger partial charge < -0.3 is 10.6 Å². The fourth-order valence-electron chi connectivity index (χ4n) is 1.34. The summed E-state index contributed by atoms with van der Waals surface area (Å²) in [4.78, 5) is 7.60. The number of hydrogen-bond donors (Lipinski definition) is 2. The SMILES string of the molecule is CNc1ccc(F)c(Nc2nc(Cl)ncc2Cl)c1. The first-order chi connectivity index (χ1) is 8.60. The van der Waals surface area contributed by atoms with Gasteiger partial charge in [-0.15, -0.1) is 0 Å². The molecule has 94 valence electrons. The van der Waals surface area contributed by atoms with Crippen molar-refractivity contribution in [3.8, 4) is 0 Å². The third kappa shape index (κ3) is 2.80. The smallest absolute Gasteiger partial charge is 0.224 e. The zero-order valence-corrected chi connectivity index (χ0v) is 10.8. The van der Waals surface area contributed by atoms with Gasteiger partial charge in [-0.25, -0.2) is 9.37 Å². The number of nitrogens with zero attached hydrogens (tertiary/aromatic N) is 2. The van der Waals surface area contributed by atoms with E-state index in [0.29, 0.717) is 0 Å². The number of halogens is 3. The molecule has 0 saturated carbocycles. The van der Waals surface area contributed by atoms with Crippen LogP contribution in [0.4, 0.5) is 21.6 Å². The molecule has 0 aliphatic rings. The minimum absolute atomic E-state index is 0.0343. The van der Waals surface area contributed by atoms with Crippen LogP contribution in [0.3, 0.4) is 0 Å². The maximum absolute atomic E-state index is 13.6. The molecule has 1 aromatic heterocycles. The molecule has 0 atom stereocenters. The normalized spacial score (nSPS) is 10.2. The minimum Gasteiger partial charge on any atom is -0.388 e. The fourth-order valence-corrected chi connectivity index (χ4v) is 1.61. The van der Waals surface area contributed by atoms with Crippen molar-refractivity contribution in [2.45, 2.75) is 0 Å². The molecule has 0 bridgehead atoms. The van der Waals surface area contributed by atoms with Gasteiger partial charge >= 0.3 is 0 Å². The van der Waals surface area contributed by atoms with Crippen LogP contribution >= 0.6 is 23.2 Å². The molecule has 0 aliphatic carbocycles. The number of benzene rings is 1. The van der Waals surface area contributed by atoms with Crippen LogP contribution in [0.5, 0.6) is 0 Å². The molecular formula is C11H9Cl2FN4. The highest BCUT2D eigenvalue weighted by Crippen LogP contribution is 2.27. The van der Waals surface area contributed by atoms with Gasteiger partial charge in [-0.3, -0.25) is 0 Å². The summed E-state index contributed by atoms with van der Waals surface area (Å²) in [5.41, 5.74) is 1.01. The monoisotopic (exact) mass is 286 g/mol. The van der Waals surface area contributed by atoms with Gasteiger partial charge in [0.2, 0.25) is 5.28 Å². The molecular weight excluding hydrogens is 278 g/mol. The van der Waals surface area contributed by atoms with Gasteiger partial charge in [0.25, 0.3) is 0 Å². The lowest BCUT2D eigenvalue weighted by Crippen LogP contribution is -1.99. The van der Waals surface area contributed by atoms with E-state index in [4.69, 9.17) is 23.2 Å².